The molecular weight excluding hydrogens is 224 g/mol. The fraction of sp³-hybridized carbons (Fsp3) is 0.182. The lowest BCUT2D eigenvalue weighted by atomic mass is 10.3. The van der Waals surface area contributed by atoms with E-state index in [1.54, 1.807) is 12.1 Å². The minimum absolute atomic E-state index is 0.111. The Morgan fingerprint density at radius 2 is 2.25 bits per heavy atom. The lowest BCUT2D eigenvalue weighted by Crippen LogP contribution is -1.85. The Morgan fingerprint density at radius 1 is 1.50 bits per heavy atom. The molecule has 0 N–H and O–H groups in total. The fourth-order valence-corrected chi connectivity index (χ4v) is 2.42. The van der Waals surface area contributed by atoms with Crippen LogP contribution in [-0.2, 0) is 0 Å². The average molecular weight is 234 g/mol. The predicted octanol–water partition coefficient (Wildman–Crippen LogP) is 3.63. The molecule has 1 aromatic heterocycles. The van der Waals surface area contributed by atoms with Crippen molar-refractivity contribution in [3.63, 3.8) is 0 Å². The van der Waals surface area contributed by atoms with Crippen molar-refractivity contribution in [1.29, 1.82) is 0 Å². The van der Waals surface area contributed by atoms with Gasteiger partial charge in [-0.05, 0) is 26.0 Å². The molecule has 5 heteroatoms. The standard InChI is InChI=1S/C11H10N2O2S/c1-7(2)5-11-12-9-4-3-8(13(14)15)6-10(9)16-11/h3-6H,1-2H3. The largest absolute Gasteiger partial charge is 0.270 e. The van der Waals surface area contributed by atoms with E-state index in [2.05, 4.69) is 4.98 Å². The molecular formula is C11H10N2O2S. The van der Waals surface area contributed by atoms with Crippen LogP contribution in [0.3, 0.4) is 0 Å². The second kappa shape index (κ2) is 4.02. The Bertz CT molecular complexity index is 583. The highest BCUT2D eigenvalue weighted by atomic mass is 32.1. The Balaban J connectivity index is 2.54. The van der Waals surface area contributed by atoms with Gasteiger partial charge in [0.15, 0.2) is 0 Å². The summed E-state index contributed by atoms with van der Waals surface area (Å²) in [5.74, 6) is 0. The van der Waals surface area contributed by atoms with Crippen LogP contribution in [0.15, 0.2) is 23.8 Å². The van der Waals surface area contributed by atoms with Gasteiger partial charge in [-0.1, -0.05) is 5.57 Å². The summed E-state index contributed by atoms with van der Waals surface area (Å²) < 4.78 is 0.849. The Hall–Kier alpha value is -1.75. The van der Waals surface area contributed by atoms with E-state index in [4.69, 9.17) is 0 Å². The van der Waals surface area contributed by atoms with Crippen LogP contribution in [0.4, 0.5) is 5.69 Å². The van der Waals surface area contributed by atoms with Gasteiger partial charge in [-0.25, -0.2) is 4.98 Å². The van der Waals surface area contributed by atoms with Gasteiger partial charge in [0.2, 0.25) is 0 Å². The number of rotatable bonds is 2. The number of hydrogen-bond acceptors (Lipinski definition) is 4. The lowest BCUT2D eigenvalue weighted by Gasteiger charge is -1.88. The number of allylic oxidation sites excluding steroid dienone is 1. The topological polar surface area (TPSA) is 56.0 Å². The molecule has 0 bridgehead atoms. The summed E-state index contributed by atoms with van der Waals surface area (Å²) in [5.41, 5.74) is 2.08. The molecule has 0 spiro atoms. The van der Waals surface area contributed by atoms with Crippen molar-refractivity contribution in [1.82, 2.24) is 4.98 Å². The van der Waals surface area contributed by atoms with E-state index in [0.29, 0.717) is 0 Å². The summed E-state index contributed by atoms with van der Waals surface area (Å²) in [5, 5.41) is 11.5. The lowest BCUT2D eigenvalue weighted by molar-refractivity contribution is -0.384. The van der Waals surface area contributed by atoms with Crippen LogP contribution in [0, 0.1) is 10.1 Å². The number of nitro groups is 1. The van der Waals surface area contributed by atoms with Crippen LogP contribution in [0.5, 0.6) is 0 Å². The van der Waals surface area contributed by atoms with Gasteiger partial charge in [0.1, 0.15) is 5.01 Å². The first-order valence-corrected chi connectivity index (χ1v) is 5.58. The minimum atomic E-state index is -0.389. The SMILES string of the molecule is CC(C)=Cc1nc2ccc([N+](=O)[O-])cc2s1. The number of thiazole rings is 1. The molecule has 2 rings (SSSR count). The molecule has 2 aromatic rings. The van der Waals surface area contributed by atoms with Gasteiger partial charge in [0.25, 0.3) is 5.69 Å². The van der Waals surface area contributed by atoms with E-state index >= 15 is 0 Å². The van der Waals surface area contributed by atoms with Crippen LogP contribution in [0.2, 0.25) is 0 Å². The van der Waals surface area contributed by atoms with Crippen LogP contribution in [0.25, 0.3) is 16.3 Å². The number of non-ortho nitro benzene ring substituents is 1. The second-order valence-corrected chi connectivity index (χ2v) is 4.75. The van der Waals surface area contributed by atoms with Gasteiger partial charge >= 0.3 is 0 Å². The zero-order valence-corrected chi connectivity index (χ0v) is 9.75. The molecule has 1 heterocycles. The third-order valence-electron chi connectivity index (χ3n) is 2.01. The van der Waals surface area contributed by atoms with Crippen molar-refractivity contribution in [3.8, 4) is 0 Å². The number of fused-ring (bicyclic) bond motifs is 1. The van der Waals surface area contributed by atoms with Crippen molar-refractivity contribution in [2.75, 3.05) is 0 Å². The highest BCUT2D eigenvalue weighted by Gasteiger charge is 2.08. The Kier molecular flexibility index (Phi) is 2.70. The Labute approximate surface area is 96.4 Å². The second-order valence-electron chi connectivity index (χ2n) is 3.68. The molecule has 0 radical (unpaired) electrons. The van der Waals surface area contributed by atoms with Crippen LogP contribution in [-0.4, -0.2) is 9.91 Å². The summed E-state index contributed by atoms with van der Waals surface area (Å²) in [6.45, 7) is 3.99. The molecule has 0 fully saturated rings. The Morgan fingerprint density at radius 3 is 2.88 bits per heavy atom. The molecule has 0 saturated heterocycles. The predicted molar refractivity (Wildman–Crippen MR) is 65.6 cm³/mol. The molecule has 4 nitrogen and oxygen atoms in total. The summed E-state index contributed by atoms with van der Waals surface area (Å²) in [4.78, 5) is 14.6. The van der Waals surface area contributed by atoms with E-state index < -0.39 is 0 Å². The number of nitrogens with zero attached hydrogens (tertiary/aromatic N) is 2. The van der Waals surface area contributed by atoms with Crippen LogP contribution in [0.1, 0.15) is 18.9 Å². The minimum Gasteiger partial charge on any atom is -0.258 e. The van der Waals surface area contributed by atoms with Gasteiger partial charge in [-0.2, -0.15) is 0 Å². The molecule has 0 atom stereocenters. The highest BCUT2D eigenvalue weighted by Crippen LogP contribution is 2.27. The van der Waals surface area contributed by atoms with Gasteiger partial charge in [-0.15, -0.1) is 11.3 Å². The van der Waals surface area contributed by atoms with E-state index in [-0.39, 0.29) is 10.6 Å². The van der Waals surface area contributed by atoms with Crippen molar-refractivity contribution < 1.29 is 4.92 Å². The number of aromatic nitrogens is 1. The molecule has 0 aliphatic heterocycles. The molecule has 82 valence electrons. The molecule has 0 unspecified atom stereocenters. The van der Waals surface area contributed by atoms with Crippen molar-refractivity contribution in [2.24, 2.45) is 0 Å². The quantitative estimate of drug-likeness (QED) is 0.589. The molecule has 0 aliphatic rings. The maximum Gasteiger partial charge on any atom is 0.270 e. The summed E-state index contributed by atoms with van der Waals surface area (Å²) >= 11 is 1.47. The fourth-order valence-electron chi connectivity index (χ4n) is 1.35. The third kappa shape index (κ3) is 2.09. The zero-order chi connectivity index (χ0) is 11.7. The third-order valence-corrected chi connectivity index (χ3v) is 2.98. The van der Waals surface area contributed by atoms with Crippen molar-refractivity contribution in [2.45, 2.75) is 13.8 Å². The zero-order valence-electron chi connectivity index (χ0n) is 8.93. The average Bonchev–Trinajstić information content (AvgIpc) is 2.56. The normalized spacial score (nSPS) is 10.4. The molecule has 0 amide bonds. The van der Waals surface area contributed by atoms with E-state index in [9.17, 15) is 10.1 Å². The van der Waals surface area contributed by atoms with Crippen LogP contribution >= 0.6 is 11.3 Å². The summed E-state index contributed by atoms with van der Waals surface area (Å²) in [7, 11) is 0. The van der Waals surface area contributed by atoms with Crippen LogP contribution < -0.4 is 0 Å². The number of benzene rings is 1. The molecule has 0 aliphatic carbocycles. The maximum absolute atomic E-state index is 10.6. The monoisotopic (exact) mass is 234 g/mol. The maximum atomic E-state index is 10.6. The molecule has 1 aromatic carbocycles. The molecule has 0 saturated carbocycles. The summed E-state index contributed by atoms with van der Waals surface area (Å²) in [6.07, 6.45) is 1.97. The smallest absolute Gasteiger partial charge is 0.258 e. The number of hydrogen-bond donors (Lipinski definition) is 0. The van der Waals surface area contributed by atoms with Gasteiger partial charge < -0.3 is 0 Å². The van der Waals surface area contributed by atoms with Gasteiger partial charge in [0.05, 0.1) is 15.1 Å². The summed E-state index contributed by atoms with van der Waals surface area (Å²) in [6, 6.07) is 4.73. The van der Waals surface area contributed by atoms with Crippen molar-refractivity contribution in [3.05, 3.63) is 38.9 Å². The first-order chi connectivity index (χ1) is 7.56. The van der Waals surface area contributed by atoms with Gasteiger partial charge in [0, 0.05) is 12.1 Å². The van der Waals surface area contributed by atoms with E-state index in [1.165, 1.54) is 17.4 Å². The highest BCUT2D eigenvalue weighted by molar-refractivity contribution is 7.19. The first kappa shape index (κ1) is 10.8. The van der Waals surface area contributed by atoms with Gasteiger partial charge in [-0.3, -0.25) is 10.1 Å². The molecule has 16 heavy (non-hydrogen) atoms. The van der Waals surface area contributed by atoms with E-state index in [1.807, 2.05) is 19.9 Å². The van der Waals surface area contributed by atoms with Crippen molar-refractivity contribution >= 4 is 33.3 Å². The van der Waals surface area contributed by atoms with E-state index in [0.717, 1.165) is 20.8 Å². The number of nitro benzene ring substituents is 1. The first-order valence-electron chi connectivity index (χ1n) is 4.76.